The topological polar surface area (TPSA) is 46.6 Å². The standard InChI is InChI=1S/C18H17NO3/c1-11-4-7-15(8-12(11)2)19-16-9-14(18(21)22-3)6-5-13(16)10-17(19)20/h4-9H,10H2,1-3H3. The van der Waals surface area contributed by atoms with Gasteiger partial charge in [-0.3, -0.25) is 9.69 Å². The molecule has 4 heteroatoms. The maximum atomic E-state index is 12.4. The van der Waals surface area contributed by atoms with Gasteiger partial charge in [-0.05, 0) is 54.8 Å². The zero-order valence-corrected chi connectivity index (χ0v) is 12.8. The Kier molecular flexibility index (Phi) is 3.45. The van der Waals surface area contributed by atoms with Gasteiger partial charge in [-0.2, -0.15) is 0 Å². The van der Waals surface area contributed by atoms with Crippen LogP contribution in [0.4, 0.5) is 11.4 Å². The summed E-state index contributed by atoms with van der Waals surface area (Å²) in [6.45, 7) is 4.05. The maximum absolute atomic E-state index is 12.4. The van der Waals surface area contributed by atoms with Crippen molar-refractivity contribution in [3.63, 3.8) is 0 Å². The summed E-state index contributed by atoms with van der Waals surface area (Å²) < 4.78 is 4.76. The molecule has 0 bridgehead atoms. The number of hydrogen-bond donors (Lipinski definition) is 0. The second kappa shape index (κ2) is 5.30. The van der Waals surface area contributed by atoms with E-state index in [-0.39, 0.29) is 5.91 Å². The van der Waals surface area contributed by atoms with Crippen molar-refractivity contribution < 1.29 is 14.3 Å². The molecule has 1 aliphatic heterocycles. The number of ether oxygens (including phenoxy) is 1. The SMILES string of the molecule is COC(=O)c1ccc2c(c1)N(c1ccc(C)c(C)c1)C(=O)C2. The number of carbonyl (C=O) groups is 2. The number of anilines is 2. The van der Waals surface area contributed by atoms with Crippen molar-refractivity contribution >= 4 is 23.3 Å². The third kappa shape index (κ3) is 2.26. The van der Waals surface area contributed by atoms with Crippen molar-refractivity contribution in [2.24, 2.45) is 0 Å². The van der Waals surface area contributed by atoms with Crippen LogP contribution in [0.25, 0.3) is 0 Å². The number of nitrogens with zero attached hydrogens (tertiary/aromatic N) is 1. The summed E-state index contributed by atoms with van der Waals surface area (Å²) in [7, 11) is 1.35. The lowest BCUT2D eigenvalue weighted by molar-refractivity contribution is -0.116. The summed E-state index contributed by atoms with van der Waals surface area (Å²) in [5.41, 5.74) is 5.27. The smallest absolute Gasteiger partial charge is 0.337 e. The fourth-order valence-electron chi connectivity index (χ4n) is 2.69. The molecule has 0 spiro atoms. The van der Waals surface area contributed by atoms with Crippen LogP contribution < -0.4 is 4.90 Å². The monoisotopic (exact) mass is 295 g/mol. The molecule has 3 rings (SSSR count). The van der Waals surface area contributed by atoms with Crippen molar-refractivity contribution in [3.05, 3.63) is 58.7 Å². The number of benzene rings is 2. The maximum Gasteiger partial charge on any atom is 0.337 e. The van der Waals surface area contributed by atoms with Crippen molar-refractivity contribution in [1.29, 1.82) is 0 Å². The van der Waals surface area contributed by atoms with Gasteiger partial charge in [0.15, 0.2) is 0 Å². The van der Waals surface area contributed by atoms with Crippen LogP contribution in [0.1, 0.15) is 27.0 Å². The minimum absolute atomic E-state index is 0.0141. The number of methoxy groups -OCH3 is 1. The van der Waals surface area contributed by atoms with E-state index < -0.39 is 5.97 Å². The van der Waals surface area contributed by atoms with Gasteiger partial charge in [-0.15, -0.1) is 0 Å². The van der Waals surface area contributed by atoms with Crippen LogP contribution in [0.3, 0.4) is 0 Å². The average Bonchev–Trinajstić information content (AvgIpc) is 2.84. The van der Waals surface area contributed by atoms with E-state index in [2.05, 4.69) is 0 Å². The van der Waals surface area contributed by atoms with Gasteiger partial charge in [-0.25, -0.2) is 4.79 Å². The predicted molar refractivity (Wildman–Crippen MR) is 84.5 cm³/mol. The third-order valence-electron chi connectivity index (χ3n) is 4.09. The predicted octanol–water partition coefficient (Wildman–Crippen LogP) is 3.31. The Bertz CT molecular complexity index is 780. The van der Waals surface area contributed by atoms with E-state index >= 15 is 0 Å². The van der Waals surface area contributed by atoms with Crippen LogP contribution in [-0.4, -0.2) is 19.0 Å². The normalized spacial score (nSPS) is 13.2. The molecule has 22 heavy (non-hydrogen) atoms. The Balaban J connectivity index is 2.09. The van der Waals surface area contributed by atoms with E-state index in [9.17, 15) is 9.59 Å². The average molecular weight is 295 g/mol. The highest BCUT2D eigenvalue weighted by Gasteiger charge is 2.29. The first-order valence-electron chi connectivity index (χ1n) is 7.12. The van der Waals surface area contributed by atoms with E-state index in [1.165, 1.54) is 12.7 Å². The molecule has 0 fully saturated rings. The highest BCUT2D eigenvalue weighted by atomic mass is 16.5. The number of amides is 1. The summed E-state index contributed by atoms with van der Waals surface area (Å²) in [4.78, 5) is 25.8. The molecule has 1 amide bonds. The lowest BCUT2D eigenvalue weighted by Gasteiger charge is -2.19. The van der Waals surface area contributed by atoms with Gasteiger partial charge in [-0.1, -0.05) is 12.1 Å². The van der Waals surface area contributed by atoms with Crippen molar-refractivity contribution in [2.75, 3.05) is 12.0 Å². The van der Waals surface area contributed by atoms with E-state index in [1.807, 2.05) is 38.1 Å². The first-order valence-corrected chi connectivity index (χ1v) is 7.12. The highest BCUT2D eigenvalue weighted by Crippen LogP contribution is 2.36. The Labute approximate surface area is 129 Å². The van der Waals surface area contributed by atoms with Crippen LogP contribution in [0.2, 0.25) is 0 Å². The largest absolute Gasteiger partial charge is 0.465 e. The van der Waals surface area contributed by atoms with Crippen LogP contribution in [-0.2, 0) is 16.0 Å². The molecular formula is C18H17NO3. The molecule has 2 aromatic carbocycles. The molecule has 0 atom stereocenters. The molecule has 0 saturated heterocycles. The van der Waals surface area contributed by atoms with Gasteiger partial charge < -0.3 is 4.74 Å². The van der Waals surface area contributed by atoms with Gasteiger partial charge in [0, 0.05) is 5.69 Å². The summed E-state index contributed by atoms with van der Waals surface area (Å²) in [5.74, 6) is -0.387. The molecule has 0 aliphatic carbocycles. The molecule has 1 heterocycles. The summed E-state index contributed by atoms with van der Waals surface area (Å²) in [5, 5.41) is 0. The number of aryl methyl sites for hydroxylation is 2. The number of rotatable bonds is 2. The molecule has 112 valence electrons. The zero-order valence-electron chi connectivity index (χ0n) is 12.8. The van der Waals surface area contributed by atoms with E-state index in [0.717, 1.165) is 22.5 Å². The minimum Gasteiger partial charge on any atom is -0.465 e. The fourth-order valence-corrected chi connectivity index (χ4v) is 2.69. The van der Waals surface area contributed by atoms with Crippen molar-refractivity contribution in [2.45, 2.75) is 20.3 Å². The molecule has 0 unspecified atom stereocenters. The summed E-state index contributed by atoms with van der Waals surface area (Å²) in [6, 6.07) is 11.2. The first kappa shape index (κ1) is 14.3. The van der Waals surface area contributed by atoms with Gasteiger partial charge >= 0.3 is 5.97 Å². The van der Waals surface area contributed by atoms with E-state index in [1.54, 1.807) is 17.0 Å². The lowest BCUT2D eigenvalue weighted by Crippen LogP contribution is -2.21. The number of esters is 1. The van der Waals surface area contributed by atoms with Crippen LogP contribution in [0.15, 0.2) is 36.4 Å². The number of fused-ring (bicyclic) bond motifs is 1. The van der Waals surface area contributed by atoms with Gasteiger partial charge in [0.1, 0.15) is 0 Å². The molecule has 1 aliphatic rings. The van der Waals surface area contributed by atoms with Crippen LogP contribution in [0.5, 0.6) is 0 Å². The molecule has 4 nitrogen and oxygen atoms in total. The number of hydrogen-bond acceptors (Lipinski definition) is 3. The molecular weight excluding hydrogens is 278 g/mol. The molecule has 0 saturated carbocycles. The van der Waals surface area contributed by atoms with Crippen LogP contribution in [0, 0.1) is 13.8 Å². The van der Waals surface area contributed by atoms with E-state index in [4.69, 9.17) is 4.74 Å². The minimum atomic E-state index is -0.401. The summed E-state index contributed by atoms with van der Waals surface area (Å²) >= 11 is 0. The molecule has 2 aromatic rings. The van der Waals surface area contributed by atoms with E-state index in [0.29, 0.717) is 12.0 Å². The second-order valence-corrected chi connectivity index (χ2v) is 5.51. The van der Waals surface area contributed by atoms with Crippen molar-refractivity contribution in [3.8, 4) is 0 Å². The molecule has 0 aromatic heterocycles. The summed E-state index contributed by atoms with van der Waals surface area (Å²) in [6.07, 6.45) is 0.351. The Hall–Kier alpha value is -2.62. The lowest BCUT2D eigenvalue weighted by atomic mass is 10.1. The quantitative estimate of drug-likeness (QED) is 0.799. The van der Waals surface area contributed by atoms with Gasteiger partial charge in [0.2, 0.25) is 5.91 Å². The Morgan fingerprint density at radius 1 is 1.09 bits per heavy atom. The van der Waals surface area contributed by atoms with Crippen LogP contribution >= 0.6 is 0 Å². The van der Waals surface area contributed by atoms with Crippen molar-refractivity contribution in [1.82, 2.24) is 0 Å². The second-order valence-electron chi connectivity index (χ2n) is 5.51. The highest BCUT2D eigenvalue weighted by molar-refractivity contribution is 6.08. The Morgan fingerprint density at radius 3 is 2.55 bits per heavy atom. The molecule has 0 radical (unpaired) electrons. The zero-order chi connectivity index (χ0) is 15.9. The number of carbonyl (C=O) groups excluding carboxylic acids is 2. The fraction of sp³-hybridized carbons (Fsp3) is 0.222. The Morgan fingerprint density at radius 2 is 1.86 bits per heavy atom. The molecule has 0 N–H and O–H groups in total. The third-order valence-corrected chi connectivity index (χ3v) is 4.09. The van der Waals surface area contributed by atoms with Gasteiger partial charge in [0.05, 0.1) is 24.8 Å². The first-order chi connectivity index (χ1) is 10.5. The van der Waals surface area contributed by atoms with Gasteiger partial charge in [0.25, 0.3) is 0 Å².